The average Bonchev–Trinajstić information content (AvgIpc) is 3.64. The first-order chi connectivity index (χ1) is 14.8. The number of carbonyl (C=O) groups excluding carboxylic acids is 1. The van der Waals surface area contributed by atoms with Crippen LogP contribution in [0.1, 0.15) is 71.6 Å². The van der Waals surface area contributed by atoms with Crippen molar-refractivity contribution in [1.82, 2.24) is 0 Å². The predicted octanol–water partition coefficient (Wildman–Crippen LogP) is 4.51. The van der Waals surface area contributed by atoms with Crippen molar-refractivity contribution in [3.8, 4) is 0 Å². The van der Waals surface area contributed by atoms with Crippen molar-refractivity contribution < 1.29 is 19.7 Å². The summed E-state index contributed by atoms with van der Waals surface area (Å²) in [6.45, 7) is 8.84. The molecule has 0 aromatic heterocycles. The summed E-state index contributed by atoms with van der Waals surface area (Å²) < 4.78 is 5.93. The lowest BCUT2D eigenvalue weighted by atomic mass is 9.60. The summed E-state index contributed by atoms with van der Waals surface area (Å²) in [5.74, 6) is 2.27. The Morgan fingerprint density at radius 2 is 2.00 bits per heavy atom. The molecule has 4 nitrogen and oxygen atoms in total. The second kappa shape index (κ2) is 7.97. The number of aliphatic hydroxyl groups excluding tert-OH is 2. The second-order valence-electron chi connectivity index (χ2n) is 11.2. The third-order valence-electron chi connectivity index (χ3n) is 9.24. The van der Waals surface area contributed by atoms with Crippen LogP contribution < -0.4 is 0 Å². The van der Waals surface area contributed by atoms with E-state index in [4.69, 9.17) is 4.74 Å². The lowest BCUT2D eigenvalue weighted by Gasteiger charge is -2.44. The van der Waals surface area contributed by atoms with Crippen LogP contribution in [0.5, 0.6) is 0 Å². The largest absolute Gasteiger partial charge is 0.393 e. The number of fused-ring (bicyclic) bond motifs is 1. The molecule has 2 N–H and O–H groups in total. The topological polar surface area (TPSA) is 70.1 Å². The predicted molar refractivity (Wildman–Crippen MR) is 120 cm³/mol. The number of carbonyl (C=O) groups is 1. The Balaban J connectivity index is 1.30. The minimum absolute atomic E-state index is 0.122. The summed E-state index contributed by atoms with van der Waals surface area (Å²) in [5, 5.41) is 20.2. The van der Waals surface area contributed by atoms with Crippen molar-refractivity contribution >= 4 is 5.78 Å². The summed E-state index contributed by atoms with van der Waals surface area (Å²) in [7, 11) is 0. The van der Waals surface area contributed by atoms with E-state index in [1.54, 1.807) is 0 Å². The van der Waals surface area contributed by atoms with E-state index in [1.165, 1.54) is 31.3 Å². The van der Waals surface area contributed by atoms with E-state index in [-0.39, 0.29) is 23.5 Å². The molecule has 5 rings (SSSR count). The molecule has 31 heavy (non-hydrogen) atoms. The number of hydrogen-bond donors (Lipinski definition) is 2. The maximum atomic E-state index is 12.4. The van der Waals surface area contributed by atoms with Gasteiger partial charge in [-0.2, -0.15) is 0 Å². The van der Waals surface area contributed by atoms with E-state index in [0.29, 0.717) is 36.4 Å². The zero-order valence-corrected chi connectivity index (χ0v) is 19.1. The summed E-state index contributed by atoms with van der Waals surface area (Å²) in [6.07, 6.45) is 12.4. The van der Waals surface area contributed by atoms with Crippen molar-refractivity contribution in [2.75, 3.05) is 0 Å². The van der Waals surface area contributed by atoms with Gasteiger partial charge in [0, 0.05) is 12.3 Å². The third kappa shape index (κ3) is 3.89. The average molecular weight is 427 g/mol. The van der Waals surface area contributed by atoms with Gasteiger partial charge in [-0.1, -0.05) is 38.2 Å². The van der Waals surface area contributed by atoms with Gasteiger partial charge in [0.15, 0.2) is 5.78 Å². The Morgan fingerprint density at radius 1 is 1.23 bits per heavy atom. The number of Topliss-reactive ketones (excluding diaryl/α,β-unsaturated/α-hetero) is 1. The highest BCUT2D eigenvalue weighted by Gasteiger charge is 2.58. The van der Waals surface area contributed by atoms with Crippen molar-refractivity contribution in [3.63, 3.8) is 0 Å². The van der Waals surface area contributed by atoms with Crippen LogP contribution in [0, 0.1) is 29.1 Å². The Kier molecular flexibility index (Phi) is 5.55. The van der Waals surface area contributed by atoms with E-state index in [1.807, 2.05) is 0 Å². The molecule has 170 valence electrons. The second-order valence-corrected chi connectivity index (χ2v) is 11.2. The fourth-order valence-electron chi connectivity index (χ4n) is 7.19. The van der Waals surface area contributed by atoms with Gasteiger partial charge in [-0.3, -0.25) is 4.79 Å². The number of aliphatic hydroxyl groups is 2. The van der Waals surface area contributed by atoms with Crippen LogP contribution >= 0.6 is 0 Å². The zero-order valence-electron chi connectivity index (χ0n) is 19.1. The van der Waals surface area contributed by atoms with Gasteiger partial charge in [0.1, 0.15) is 6.10 Å². The van der Waals surface area contributed by atoms with Gasteiger partial charge in [0.05, 0.1) is 18.3 Å². The van der Waals surface area contributed by atoms with Crippen LogP contribution in [-0.4, -0.2) is 40.4 Å². The molecule has 5 fully saturated rings. The molecule has 1 saturated heterocycles. The first kappa shape index (κ1) is 21.6. The molecule has 5 aliphatic rings. The Bertz CT molecular complexity index is 821. The summed E-state index contributed by atoms with van der Waals surface area (Å²) >= 11 is 0. The van der Waals surface area contributed by atoms with Crippen LogP contribution in [0.25, 0.3) is 0 Å². The molecular formula is C27H38O4. The SMILES string of the molecule is C=C1/C(=C/C=C2/CCC[C@@]3(C)C2CC[C@@H]3[C@H](C)C2OC2C(=O)C2CC2)C[C@@H](O)C[C@@H]1O. The van der Waals surface area contributed by atoms with E-state index in [0.717, 1.165) is 30.4 Å². The summed E-state index contributed by atoms with van der Waals surface area (Å²) in [6, 6.07) is 0. The normalized spacial score (nSPS) is 46.3. The minimum Gasteiger partial charge on any atom is -0.393 e. The van der Waals surface area contributed by atoms with Crippen molar-refractivity contribution in [3.05, 3.63) is 35.5 Å². The molecule has 0 amide bonds. The third-order valence-corrected chi connectivity index (χ3v) is 9.24. The number of rotatable bonds is 5. The van der Waals surface area contributed by atoms with Crippen molar-refractivity contribution in [2.24, 2.45) is 29.1 Å². The molecule has 0 bridgehead atoms. The van der Waals surface area contributed by atoms with E-state index in [9.17, 15) is 15.0 Å². The van der Waals surface area contributed by atoms with Gasteiger partial charge in [-0.15, -0.1) is 0 Å². The van der Waals surface area contributed by atoms with Gasteiger partial charge < -0.3 is 14.9 Å². The molecule has 0 aromatic carbocycles. The van der Waals surface area contributed by atoms with Crippen LogP contribution in [0.15, 0.2) is 35.5 Å². The van der Waals surface area contributed by atoms with Crippen LogP contribution in [-0.2, 0) is 9.53 Å². The van der Waals surface area contributed by atoms with Gasteiger partial charge >= 0.3 is 0 Å². The molecule has 4 aliphatic carbocycles. The van der Waals surface area contributed by atoms with E-state index >= 15 is 0 Å². The first-order valence-corrected chi connectivity index (χ1v) is 12.4. The highest BCUT2D eigenvalue weighted by Crippen LogP contribution is 2.61. The van der Waals surface area contributed by atoms with E-state index in [2.05, 4.69) is 32.6 Å². The standard InChI is InChI=1S/C27H38O4/c1-15-19(13-20(28)14-23(15)29)9-6-17-5-4-12-27(3)21(10-11-22(17)27)16(2)25-26(31-25)24(30)18-7-8-18/h6,9,16,18,20-23,25-26,28-29H,1,4-5,7-8,10-14H2,2-3H3/b17-6-,19-9+/t16-,20+,21+,22?,23-,25?,26?,27+/m0/s1. The molecule has 0 radical (unpaired) electrons. The fraction of sp³-hybridized carbons (Fsp3) is 0.741. The summed E-state index contributed by atoms with van der Waals surface area (Å²) in [5.41, 5.74) is 3.53. The molecule has 1 heterocycles. The lowest BCUT2D eigenvalue weighted by molar-refractivity contribution is -0.121. The highest BCUT2D eigenvalue weighted by atomic mass is 16.6. The first-order valence-electron chi connectivity index (χ1n) is 12.4. The molecule has 8 atom stereocenters. The van der Waals surface area contributed by atoms with E-state index < -0.39 is 12.2 Å². The number of ether oxygens (including phenoxy) is 1. The molecule has 0 aromatic rings. The number of allylic oxidation sites excluding steroid dienone is 3. The van der Waals surface area contributed by atoms with Gasteiger partial charge in [0.25, 0.3) is 0 Å². The molecule has 4 heteroatoms. The van der Waals surface area contributed by atoms with Gasteiger partial charge in [0.2, 0.25) is 0 Å². The summed E-state index contributed by atoms with van der Waals surface area (Å²) in [4.78, 5) is 12.4. The molecule has 4 saturated carbocycles. The lowest BCUT2D eigenvalue weighted by Crippen LogP contribution is -2.37. The number of hydrogen-bond acceptors (Lipinski definition) is 4. The smallest absolute Gasteiger partial charge is 0.167 e. The zero-order chi connectivity index (χ0) is 21.9. The van der Waals surface area contributed by atoms with Crippen molar-refractivity contribution in [1.29, 1.82) is 0 Å². The van der Waals surface area contributed by atoms with Crippen LogP contribution in [0.3, 0.4) is 0 Å². The Hall–Kier alpha value is -1.23. The van der Waals surface area contributed by atoms with Crippen molar-refractivity contribution in [2.45, 2.75) is 96.1 Å². The molecule has 3 unspecified atom stereocenters. The molecule has 0 spiro atoms. The van der Waals surface area contributed by atoms with Crippen LogP contribution in [0.4, 0.5) is 0 Å². The highest BCUT2D eigenvalue weighted by molar-refractivity contribution is 5.89. The van der Waals surface area contributed by atoms with Gasteiger partial charge in [-0.25, -0.2) is 0 Å². The number of ketones is 1. The van der Waals surface area contributed by atoms with Gasteiger partial charge in [-0.05, 0) is 85.7 Å². The molecular weight excluding hydrogens is 388 g/mol. The quantitative estimate of drug-likeness (QED) is 0.635. The molecule has 1 aliphatic heterocycles. The Labute approximate surface area is 186 Å². The monoisotopic (exact) mass is 426 g/mol. The maximum Gasteiger partial charge on any atom is 0.167 e. The Morgan fingerprint density at radius 3 is 2.74 bits per heavy atom. The number of epoxide rings is 1. The maximum absolute atomic E-state index is 12.4. The fourth-order valence-corrected chi connectivity index (χ4v) is 7.19. The van der Waals surface area contributed by atoms with Crippen LogP contribution in [0.2, 0.25) is 0 Å². The minimum atomic E-state index is -0.633.